The normalized spacial score (nSPS) is 10.4. The van der Waals surface area contributed by atoms with Crippen molar-refractivity contribution in [1.29, 1.82) is 0 Å². The van der Waals surface area contributed by atoms with Crippen LogP contribution >= 0.6 is 34.7 Å². The number of halogens is 1. The van der Waals surface area contributed by atoms with Gasteiger partial charge in [-0.25, -0.2) is 4.79 Å². The summed E-state index contributed by atoms with van der Waals surface area (Å²) in [6.45, 7) is 0.0160. The van der Waals surface area contributed by atoms with Crippen LogP contribution in [-0.4, -0.2) is 42.1 Å². The molecule has 0 bridgehead atoms. The Morgan fingerprint density at radius 3 is 2.62 bits per heavy atom. The number of hydrogen-bond acceptors (Lipinski definition) is 6. The van der Waals surface area contributed by atoms with Crippen molar-refractivity contribution in [2.45, 2.75) is 11.4 Å². The van der Waals surface area contributed by atoms with Crippen molar-refractivity contribution in [2.24, 2.45) is 5.73 Å². The van der Waals surface area contributed by atoms with E-state index in [0.717, 1.165) is 16.6 Å². The molecule has 1 aromatic carbocycles. The maximum atomic E-state index is 12.3. The molecule has 138 valence electrons. The van der Waals surface area contributed by atoms with Crippen LogP contribution in [0.3, 0.4) is 0 Å². The highest BCUT2D eigenvalue weighted by Crippen LogP contribution is 2.24. The van der Waals surface area contributed by atoms with Crippen LogP contribution in [-0.2, 0) is 20.9 Å². The van der Waals surface area contributed by atoms with E-state index in [4.69, 9.17) is 22.1 Å². The first-order chi connectivity index (χ1) is 12.4. The molecule has 0 aliphatic heterocycles. The van der Waals surface area contributed by atoms with E-state index in [-0.39, 0.29) is 18.3 Å². The largest absolute Gasteiger partial charge is 0.452 e. The first-order valence-corrected chi connectivity index (χ1v) is 9.70. The lowest BCUT2D eigenvalue weighted by molar-refractivity contribution is -0.133. The van der Waals surface area contributed by atoms with E-state index < -0.39 is 11.9 Å². The fraction of sp³-hybridized carbons (Fsp3) is 0.235. The Morgan fingerprint density at radius 1 is 1.23 bits per heavy atom. The highest BCUT2D eigenvalue weighted by Gasteiger charge is 2.17. The topological polar surface area (TPSA) is 89.7 Å². The molecule has 2 N–H and O–H groups in total. The molecule has 0 saturated heterocycles. The fourth-order valence-corrected chi connectivity index (χ4v) is 3.90. The van der Waals surface area contributed by atoms with Crippen LogP contribution in [0.4, 0.5) is 0 Å². The van der Waals surface area contributed by atoms with Gasteiger partial charge in [-0.1, -0.05) is 23.7 Å². The first kappa shape index (κ1) is 20.3. The number of carbonyl (C=O) groups is 3. The van der Waals surface area contributed by atoms with Crippen LogP contribution in [0.25, 0.3) is 0 Å². The summed E-state index contributed by atoms with van der Waals surface area (Å²) in [6.07, 6.45) is 0. The van der Waals surface area contributed by atoms with Crippen molar-refractivity contribution in [3.05, 3.63) is 51.2 Å². The molecule has 1 aromatic heterocycles. The van der Waals surface area contributed by atoms with Crippen LogP contribution in [0.5, 0.6) is 0 Å². The van der Waals surface area contributed by atoms with Gasteiger partial charge in [0.1, 0.15) is 0 Å². The molecule has 0 aliphatic carbocycles. The van der Waals surface area contributed by atoms with E-state index in [0.29, 0.717) is 21.3 Å². The number of likely N-dealkylation sites (N-methyl/N-ethyl adjacent to an activating group) is 1. The van der Waals surface area contributed by atoms with Crippen LogP contribution in [0.1, 0.15) is 15.2 Å². The van der Waals surface area contributed by atoms with E-state index in [1.165, 1.54) is 16.2 Å². The predicted molar refractivity (Wildman–Crippen MR) is 102 cm³/mol. The quantitative estimate of drug-likeness (QED) is 0.532. The third-order valence-corrected chi connectivity index (χ3v) is 5.56. The number of thioether (sulfide) groups is 1. The van der Waals surface area contributed by atoms with E-state index in [1.807, 2.05) is 6.07 Å². The number of carbonyl (C=O) groups excluding carboxylic acids is 3. The minimum Gasteiger partial charge on any atom is -0.452 e. The predicted octanol–water partition coefficient (Wildman–Crippen LogP) is 2.79. The van der Waals surface area contributed by atoms with Gasteiger partial charge in [0.15, 0.2) is 6.61 Å². The van der Waals surface area contributed by atoms with E-state index >= 15 is 0 Å². The summed E-state index contributed by atoms with van der Waals surface area (Å²) in [5, 5.41) is 0. The Morgan fingerprint density at radius 2 is 1.96 bits per heavy atom. The summed E-state index contributed by atoms with van der Waals surface area (Å²) in [5.41, 5.74) is 5.42. The number of hydrogen-bond donors (Lipinski definition) is 1. The number of esters is 1. The van der Waals surface area contributed by atoms with Gasteiger partial charge < -0.3 is 15.4 Å². The zero-order valence-corrected chi connectivity index (χ0v) is 16.3. The van der Waals surface area contributed by atoms with E-state index in [1.54, 1.807) is 37.4 Å². The highest BCUT2D eigenvalue weighted by atomic mass is 35.5. The molecule has 0 saturated carbocycles. The SMILES string of the molecule is CN(Cc1ccc(Cl)s1)C(=O)COC(=O)c1ccccc1SCC(N)=O. The Balaban J connectivity index is 1.91. The molecule has 0 radical (unpaired) electrons. The second-order valence-electron chi connectivity index (χ2n) is 5.28. The third kappa shape index (κ3) is 6.05. The van der Waals surface area contributed by atoms with Crippen molar-refractivity contribution in [3.63, 3.8) is 0 Å². The number of ether oxygens (including phenoxy) is 1. The number of rotatable bonds is 8. The zero-order chi connectivity index (χ0) is 19.1. The van der Waals surface area contributed by atoms with Crippen molar-refractivity contribution in [2.75, 3.05) is 19.4 Å². The molecule has 0 atom stereocenters. The Bertz CT molecular complexity index is 810. The maximum Gasteiger partial charge on any atom is 0.339 e. The van der Waals surface area contributed by atoms with E-state index in [2.05, 4.69) is 0 Å². The van der Waals surface area contributed by atoms with Gasteiger partial charge in [0.05, 0.1) is 22.2 Å². The average Bonchev–Trinajstić information content (AvgIpc) is 3.02. The van der Waals surface area contributed by atoms with Gasteiger partial charge in [0.25, 0.3) is 5.91 Å². The summed E-state index contributed by atoms with van der Waals surface area (Å²) in [6, 6.07) is 10.3. The Hall–Kier alpha value is -2.03. The molecule has 26 heavy (non-hydrogen) atoms. The minimum absolute atomic E-state index is 0.0509. The van der Waals surface area contributed by atoms with Crippen LogP contribution in [0.15, 0.2) is 41.3 Å². The zero-order valence-electron chi connectivity index (χ0n) is 13.9. The molecule has 0 fully saturated rings. The number of nitrogens with zero attached hydrogens (tertiary/aromatic N) is 1. The molecular formula is C17H17ClN2O4S2. The lowest BCUT2D eigenvalue weighted by Gasteiger charge is -2.16. The Labute approximate surface area is 164 Å². The molecule has 2 rings (SSSR count). The summed E-state index contributed by atoms with van der Waals surface area (Å²) in [7, 11) is 1.63. The number of amides is 2. The minimum atomic E-state index is -0.626. The summed E-state index contributed by atoms with van der Waals surface area (Å²) >= 11 is 8.40. The smallest absolute Gasteiger partial charge is 0.339 e. The van der Waals surface area contributed by atoms with Crippen LogP contribution in [0, 0.1) is 0 Å². The number of nitrogens with two attached hydrogens (primary N) is 1. The average molecular weight is 413 g/mol. The third-order valence-electron chi connectivity index (χ3n) is 3.25. The standard InChI is InChI=1S/C17H17ClN2O4S2/c1-20(8-11-6-7-14(18)26-11)16(22)9-24-17(23)12-4-2-3-5-13(12)25-10-15(19)21/h2-7H,8-10H2,1H3,(H2,19,21). The summed E-state index contributed by atoms with van der Waals surface area (Å²) < 4.78 is 5.77. The fourth-order valence-electron chi connectivity index (χ4n) is 1.98. The monoisotopic (exact) mass is 412 g/mol. The van der Waals surface area contributed by atoms with Gasteiger partial charge in [0, 0.05) is 16.8 Å². The van der Waals surface area contributed by atoms with Gasteiger partial charge in [0.2, 0.25) is 5.91 Å². The van der Waals surface area contributed by atoms with Crippen LogP contribution in [0.2, 0.25) is 4.34 Å². The second-order valence-corrected chi connectivity index (χ2v) is 8.10. The molecule has 0 aliphatic rings. The molecule has 2 aromatic rings. The molecular weight excluding hydrogens is 396 g/mol. The van der Waals surface area contributed by atoms with E-state index in [9.17, 15) is 14.4 Å². The first-order valence-electron chi connectivity index (χ1n) is 7.52. The Kier molecular flexibility index (Phi) is 7.50. The molecule has 0 unspecified atom stereocenters. The highest BCUT2D eigenvalue weighted by molar-refractivity contribution is 8.00. The second kappa shape index (κ2) is 9.61. The van der Waals surface area contributed by atoms with Gasteiger partial charge >= 0.3 is 5.97 Å². The van der Waals surface area contributed by atoms with Crippen molar-refractivity contribution < 1.29 is 19.1 Å². The molecule has 0 spiro atoms. The van der Waals surface area contributed by atoms with Gasteiger partial charge in [-0.15, -0.1) is 23.1 Å². The molecule has 2 amide bonds. The summed E-state index contributed by atoms with van der Waals surface area (Å²) in [5.74, 6) is -1.39. The molecule has 1 heterocycles. The maximum absolute atomic E-state index is 12.3. The number of benzene rings is 1. The molecule has 9 heteroatoms. The lowest BCUT2D eigenvalue weighted by Crippen LogP contribution is -2.30. The van der Waals surface area contributed by atoms with Gasteiger partial charge in [-0.3, -0.25) is 9.59 Å². The number of primary amides is 1. The van der Waals surface area contributed by atoms with Crippen molar-refractivity contribution >= 4 is 52.5 Å². The van der Waals surface area contributed by atoms with Gasteiger partial charge in [-0.05, 0) is 24.3 Å². The summed E-state index contributed by atoms with van der Waals surface area (Å²) in [4.78, 5) is 38.3. The van der Waals surface area contributed by atoms with Crippen LogP contribution < -0.4 is 5.73 Å². The van der Waals surface area contributed by atoms with Crippen molar-refractivity contribution in [3.8, 4) is 0 Å². The number of thiophene rings is 1. The lowest BCUT2D eigenvalue weighted by atomic mass is 10.2. The van der Waals surface area contributed by atoms with Crippen molar-refractivity contribution in [1.82, 2.24) is 4.90 Å². The van der Waals surface area contributed by atoms with Gasteiger partial charge in [-0.2, -0.15) is 0 Å². The molecule has 6 nitrogen and oxygen atoms in total.